The van der Waals surface area contributed by atoms with Gasteiger partial charge in [-0.05, 0) is 61.8 Å². The maximum Gasteiger partial charge on any atom is 0.253 e. The molecule has 2 aliphatic rings. The number of benzene rings is 1. The summed E-state index contributed by atoms with van der Waals surface area (Å²) in [6.45, 7) is 5.15. The fourth-order valence-electron chi connectivity index (χ4n) is 3.17. The minimum atomic E-state index is 0.213. The molecule has 1 aromatic rings. The molecule has 1 saturated heterocycles. The summed E-state index contributed by atoms with van der Waals surface area (Å²) in [5.41, 5.74) is 3.38. The van der Waals surface area contributed by atoms with Crippen molar-refractivity contribution in [3.63, 3.8) is 0 Å². The molecule has 0 spiro atoms. The second-order valence-corrected chi connectivity index (χ2v) is 6.25. The van der Waals surface area contributed by atoms with Crippen LogP contribution in [-0.4, -0.2) is 30.4 Å². The minimum Gasteiger partial charge on any atom is -0.385 e. The summed E-state index contributed by atoms with van der Waals surface area (Å²) in [5.74, 6) is 0.911. The number of carbonyl (C=O) groups excluding carboxylic acids is 1. The third-order valence-corrected chi connectivity index (χ3v) is 4.54. The van der Waals surface area contributed by atoms with Gasteiger partial charge in [0.25, 0.3) is 5.91 Å². The molecule has 0 aromatic heterocycles. The Morgan fingerprint density at radius 1 is 1.25 bits per heavy atom. The Balaban J connectivity index is 1.79. The van der Waals surface area contributed by atoms with Gasteiger partial charge >= 0.3 is 0 Å². The highest BCUT2D eigenvalue weighted by molar-refractivity contribution is 5.95. The molecule has 1 aromatic carbocycles. The van der Waals surface area contributed by atoms with Crippen LogP contribution in [0.25, 0.3) is 0 Å². The van der Waals surface area contributed by atoms with Crippen LogP contribution in [0.15, 0.2) is 18.2 Å². The number of fused-ring (bicyclic) bond motifs is 1. The summed E-state index contributed by atoms with van der Waals surface area (Å²) in [6.07, 6.45) is 5.83. The van der Waals surface area contributed by atoms with Gasteiger partial charge in [0, 0.05) is 30.9 Å². The number of anilines is 1. The van der Waals surface area contributed by atoms with Crippen molar-refractivity contribution in [2.45, 2.75) is 39.0 Å². The van der Waals surface area contributed by atoms with Crippen LogP contribution in [0, 0.1) is 5.92 Å². The second-order valence-electron chi connectivity index (χ2n) is 6.25. The first-order valence-corrected chi connectivity index (χ1v) is 7.90. The zero-order chi connectivity index (χ0) is 13.9. The van der Waals surface area contributed by atoms with Crippen LogP contribution in [0.5, 0.6) is 0 Å². The highest BCUT2D eigenvalue weighted by Gasteiger charge is 2.20. The molecular weight excluding hydrogens is 248 g/mol. The Hall–Kier alpha value is -1.51. The first-order chi connectivity index (χ1) is 9.74. The smallest absolute Gasteiger partial charge is 0.253 e. The van der Waals surface area contributed by atoms with E-state index >= 15 is 0 Å². The van der Waals surface area contributed by atoms with Crippen LogP contribution in [0.4, 0.5) is 5.69 Å². The van der Waals surface area contributed by atoms with Crippen molar-refractivity contribution in [1.29, 1.82) is 0 Å². The zero-order valence-corrected chi connectivity index (χ0v) is 12.3. The van der Waals surface area contributed by atoms with Crippen LogP contribution in [0.1, 0.15) is 48.5 Å². The van der Waals surface area contributed by atoms with Gasteiger partial charge < -0.3 is 10.2 Å². The van der Waals surface area contributed by atoms with Gasteiger partial charge in [-0.1, -0.05) is 6.92 Å². The normalized spacial score (nSPS) is 22.6. The van der Waals surface area contributed by atoms with Gasteiger partial charge in [-0.25, -0.2) is 0 Å². The lowest BCUT2D eigenvalue weighted by molar-refractivity contribution is 0.0724. The van der Waals surface area contributed by atoms with Crippen molar-refractivity contribution in [3.05, 3.63) is 29.3 Å². The van der Waals surface area contributed by atoms with Crippen molar-refractivity contribution in [3.8, 4) is 0 Å². The highest BCUT2D eigenvalue weighted by Crippen LogP contribution is 2.25. The number of nitrogens with zero attached hydrogens (tertiary/aromatic N) is 1. The Morgan fingerprint density at radius 3 is 2.85 bits per heavy atom. The van der Waals surface area contributed by atoms with Crippen molar-refractivity contribution in [2.24, 2.45) is 5.92 Å². The molecule has 2 heterocycles. The van der Waals surface area contributed by atoms with E-state index in [1.807, 2.05) is 11.0 Å². The van der Waals surface area contributed by atoms with Gasteiger partial charge in [0.15, 0.2) is 0 Å². The molecule has 3 nitrogen and oxygen atoms in total. The van der Waals surface area contributed by atoms with E-state index in [0.717, 1.165) is 44.5 Å². The van der Waals surface area contributed by atoms with Crippen molar-refractivity contribution >= 4 is 11.6 Å². The first kappa shape index (κ1) is 13.5. The van der Waals surface area contributed by atoms with E-state index in [4.69, 9.17) is 0 Å². The largest absolute Gasteiger partial charge is 0.385 e. The quantitative estimate of drug-likeness (QED) is 0.850. The number of rotatable bonds is 1. The highest BCUT2D eigenvalue weighted by atomic mass is 16.2. The number of piperidine rings is 1. The zero-order valence-electron chi connectivity index (χ0n) is 12.3. The summed E-state index contributed by atoms with van der Waals surface area (Å²) in [5, 5.41) is 3.50. The van der Waals surface area contributed by atoms with Crippen molar-refractivity contribution in [1.82, 2.24) is 4.90 Å². The summed E-state index contributed by atoms with van der Waals surface area (Å²) in [6, 6.07) is 6.18. The number of carbonyl (C=O) groups is 1. The number of hydrogen-bond acceptors (Lipinski definition) is 2. The summed E-state index contributed by atoms with van der Waals surface area (Å²) < 4.78 is 0. The number of hydrogen-bond donors (Lipinski definition) is 1. The molecule has 1 amide bonds. The molecule has 20 heavy (non-hydrogen) atoms. The molecule has 0 bridgehead atoms. The molecule has 1 atom stereocenters. The van der Waals surface area contributed by atoms with Crippen LogP contribution in [0.2, 0.25) is 0 Å². The summed E-state index contributed by atoms with van der Waals surface area (Å²) in [7, 11) is 0. The van der Waals surface area contributed by atoms with Crippen LogP contribution in [0.3, 0.4) is 0 Å². The first-order valence-electron chi connectivity index (χ1n) is 7.90. The van der Waals surface area contributed by atoms with E-state index < -0.39 is 0 Å². The predicted octanol–water partition coefficient (Wildman–Crippen LogP) is 3.31. The maximum atomic E-state index is 12.5. The van der Waals surface area contributed by atoms with Gasteiger partial charge in [-0.2, -0.15) is 0 Å². The number of amides is 1. The fraction of sp³-hybridized carbons (Fsp3) is 0.588. The molecular formula is C17H24N2O. The molecule has 0 saturated carbocycles. The minimum absolute atomic E-state index is 0.213. The van der Waals surface area contributed by atoms with Crippen molar-refractivity contribution < 1.29 is 4.79 Å². The third kappa shape index (κ3) is 2.82. The molecule has 1 N–H and O–H groups in total. The van der Waals surface area contributed by atoms with Crippen LogP contribution in [-0.2, 0) is 6.42 Å². The predicted molar refractivity (Wildman–Crippen MR) is 82.2 cm³/mol. The Labute approximate surface area is 121 Å². The lowest BCUT2D eigenvalue weighted by Crippen LogP contribution is -2.35. The molecule has 3 rings (SSSR count). The van der Waals surface area contributed by atoms with Crippen LogP contribution >= 0.6 is 0 Å². The van der Waals surface area contributed by atoms with E-state index in [9.17, 15) is 4.79 Å². The summed E-state index contributed by atoms with van der Waals surface area (Å²) >= 11 is 0. The fourth-order valence-corrected chi connectivity index (χ4v) is 3.17. The van der Waals surface area contributed by atoms with Gasteiger partial charge in [-0.3, -0.25) is 4.79 Å². The molecule has 0 unspecified atom stereocenters. The van der Waals surface area contributed by atoms with E-state index in [1.54, 1.807) is 0 Å². The summed E-state index contributed by atoms with van der Waals surface area (Å²) in [4.78, 5) is 14.6. The topological polar surface area (TPSA) is 32.3 Å². The van der Waals surface area contributed by atoms with E-state index in [-0.39, 0.29) is 5.91 Å². The average Bonchev–Trinajstić information content (AvgIpc) is 2.69. The standard InChI is InChI=1S/C17H24N2O/c1-13-5-6-14-11-15(7-8-16(14)18-12-13)17(20)19-9-3-2-4-10-19/h7-8,11,13,18H,2-6,9-10,12H2,1H3/t13-/m1/s1. The third-order valence-electron chi connectivity index (χ3n) is 4.54. The molecule has 3 heteroatoms. The number of nitrogens with one attached hydrogen (secondary N) is 1. The Morgan fingerprint density at radius 2 is 2.05 bits per heavy atom. The van der Waals surface area contributed by atoms with Gasteiger partial charge in [0.2, 0.25) is 0 Å². The lowest BCUT2D eigenvalue weighted by Gasteiger charge is -2.27. The molecule has 0 aliphatic carbocycles. The van der Waals surface area contributed by atoms with Gasteiger partial charge in [-0.15, -0.1) is 0 Å². The van der Waals surface area contributed by atoms with E-state index in [0.29, 0.717) is 5.92 Å². The Kier molecular flexibility index (Phi) is 3.95. The average molecular weight is 272 g/mol. The second kappa shape index (κ2) is 5.86. The molecule has 0 radical (unpaired) electrons. The van der Waals surface area contributed by atoms with Crippen molar-refractivity contribution in [2.75, 3.05) is 25.0 Å². The SMILES string of the molecule is C[C@@H]1CCc2cc(C(=O)N3CCCCC3)ccc2NC1. The van der Waals surface area contributed by atoms with E-state index in [2.05, 4.69) is 24.4 Å². The molecule has 108 valence electrons. The number of aryl methyl sites for hydroxylation is 1. The Bertz CT molecular complexity index is 492. The van der Waals surface area contributed by atoms with Gasteiger partial charge in [0.1, 0.15) is 0 Å². The van der Waals surface area contributed by atoms with Gasteiger partial charge in [0.05, 0.1) is 0 Å². The maximum absolute atomic E-state index is 12.5. The van der Waals surface area contributed by atoms with Crippen LogP contribution < -0.4 is 5.32 Å². The molecule has 1 fully saturated rings. The lowest BCUT2D eigenvalue weighted by atomic mass is 10.0. The number of likely N-dealkylation sites (tertiary alicyclic amines) is 1. The monoisotopic (exact) mass is 272 g/mol. The molecule has 2 aliphatic heterocycles. The van der Waals surface area contributed by atoms with E-state index in [1.165, 1.54) is 24.1 Å².